The first-order valence-electron chi connectivity index (χ1n) is 10.3. The first kappa shape index (κ1) is 22.6. The molecule has 0 bridgehead atoms. The van der Waals surface area contributed by atoms with Crippen molar-refractivity contribution >= 4 is 28.9 Å². The lowest BCUT2D eigenvalue weighted by molar-refractivity contribution is -0.127. The number of amides is 1. The van der Waals surface area contributed by atoms with Crippen molar-refractivity contribution in [3.63, 3.8) is 0 Å². The molecule has 31 heavy (non-hydrogen) atoms. The Morgan fingerprint density at radius 3 is 2.32 bits per heavy atom. The number of nitrogens with one attached hydrogen (secondary N) is 1. The number of hydrogen-bond acceptors (Lipinski definition) is 4. The van der Waals surface area contributed by atoms with Gasteiger partial charge in [0.1, 0.15) is 0 Å². The third-order valence-electron chi connectivity index (χ3n) is 5.52. The molecule has 164 valence electrons. The maximum Gasteiger partial charge on any atom is 0.253 e. The summed E-state index contributed by atoms with van der Waals surface area (Å²) in [6, 6.07) is 15.0. The van der Waals surface area contributed by atoms with E-state index >= 15 is 0 Å². The van der Waals surface area contributed by atoms with Gasteiger partial charge in [-0.1, -0.05) is 30.3 Å². The van der Waals surface area contributed by atoms with Crippen LogP contribution >= 0.6 is 12.2 Å². The summed E-state index contributed by atoms with van der Waals surface area (Å²) in [7, 11) is 3.20. The van der Waals surface area contributed by atoms with Gasteiger partial charge in [0.15, 0.2) is 16.6 Å². The third-order valence-corrected chi connectivity index (χ3v) is 5.83. The Balaban J connectivity index is 2.23. The number of rotatable bonds is 7. The largest absolute Gasteiger partial charge is 0.493 e. The Morgan fingerprint density at radius 1 is 1.06 bits per heavy atom. The van der Waals surface area contributed by atoms with Gasteiger partial charge in [0.05, 0.1) is 25.8 Å². The number of carbonyl (C=O) groups is 1. The molecule has 7 heteroatoms. The third kappa shape index (κ3) is 4.23. The number of para-hydroxylation sites is 2. The average molecular weight is 440 g/mol. The highest BCUT2D eigenvalue weighted by Gasteiger charge is 2.37. The summed E-state index contributed by atoms with van der Waals surface area (Å²) in [5.41, 5.74) is 3.12. The highest BCUT2D eigenvalue weighted by Crippen LogP contribution is 2.41. The average Bonchev–Trinajstić information content (AvgIpc) is 2.79. The SMILES string of the molecule is CCN(CC)C(=O)C1=C(C)N(c2ccccc2)C(=S)N[C@H]1c1cccc(OC)c1OC. The molecule has 1 atom stereocenters. The van der Waals surface area contributed by atoms with Crippen LogP contribution in [-0.2, 0) is 4.79 Å². The van der Waals surface area contributed by atoms with Crippen LogP contribution in [0.3, 0.4) is 0 Å². The first-order valence-corrected chi connectivity index (χ1v) is 10.8. The quantitative estimate of drug-likeness (QED) is 0.650. The number of hydrogen-bond donors (Lipinski definition) is 1. The summed E-state index contributed by atoms with van der Waals surface area (Å²) in [5, 5.41) is 3.91. The minimum absolute atomic E-state index is 0.0340. The van der Waals surface area contributed by atoms with E-state index in [0.717, 1.165) is 16.9 Å². The summed E-state index contributed by atoms with van der Waals surface area (Å²) in [6.45, 7) is 7.13. The van der Waals surface area contributed by atoms with Gasteiger partial charge in [-0.25, -0.2) is 0 Å². The predicted octanol–water partition coefficient (Wildman–Crippen LogP) is 4.28. The monoisotopic (exact) mass is 439 g/mol. The molecule has 0 unspecified atom stereocenters. The van der Waals surface area contributed by atoms with Crippen molar-refractivity contribution in [3.8, 4) is 11.5 Å². The molecule has 1 aliphatic rings. The highest BCUT2D eigenvalue weighted by atomic mass is 32.1. The molecule has 0 aromatic heterocycles. The summed E-state index contributed by atoms with van der Waals surface area (Å²) in [5.74, 6) is 1.15. The number of allylic oxidation sites excluding steroid dienone is 1. The minimum atomic E-state index is -0.467. The van der Waals surface area contributed by atoms with E-state index in [2.05, 4.69) is 5.32 Å². The number of anilines is 1. The van der Waals surface area contributed by atoms with Crippen LogP contribution in [0.2, 0.25) is 0 Å². The second-order valence-electron chi connectivity index (χ2n) is 7.11. The van der Waals surface area contributed by atoms with Gasteiger partial charge < -0.3 is 19.7 Å². The van der Waals surface area contributed by atoms with E-state index in [-0.39, 0.29) is 5.91 Å². The molecular weight excluding hydrogens is 410 g/mol. The Hall–Kier alpha value is -3.06. The van der Waals surface area contributed by atoms with Crippen LogP contribution in [0, 0.1) is 0 Å². The van der Waals surface area contributed by atoms with Gasteiger partial charge in [0.2, 0.25) is 0 Å². The normalized spacial score (nSPS) is 16.1. The Kier molecular flexibility index (Phi) is 7.17. The molecule has 1 aliphatic heterocycles. The van der Waals surface area contributed by atoms with Crippen molar-refractivity contribution in [1.82, 2.24) is 10.2 Å². The second kappa shape index (κ2) is 9.83. The molecule has 0 saturated heterocycles. The van der Waals surface area contributed by atoms with Gasteiger partial charge in [-0.3, -0.25) is 9.69 Å². The zero-order chi connectivity index (χ0) is 22.5. The van der Waals surface area contributed by atoms with Crippen LogP contribution in [0.1, 0.15) is 32.4 Å². The maximum absolute atomic E-state index is 13.7. The molecule has 0 fully saturated rings. The fourth-order valence-electron chi connectivity index (χ4n) is 3.96. The van der Waals surface area contributed by atoms with E-state index in [1.807, 2.05) is 79.1 Å². The number of ether oxygens (including phenoxy) is 2. The number of methoxy groups -OCH3 is 2. The number of nitrogens with zero attached hydrogens (tertiary/aromatic N) is 2. The second-order valence-corrected chi connectivity index (χ2v) is 7.50. The van der Waals surface area contributed by atoms with Gasteiger partial charge in [-0.05, 0) is 51.2 Å². The molecule has 0 saturated carbocycles. The topological polar surface area (TPSA) is 54.0 Å². The summed E-state index contributed by atoms with van der Waals surface area (Å²) >= 11 is 5.75. The van der Waals surface area contributed by atoms with E-state index in [4.69, 9.17) is 21.7 Å². The van der Waals surface area contributed by atoms with Gasteiger partial charge in [-0.2, -0.15) is 0 Å². The molecule has 1 heterocycles. The summed E-state index contributed by atoms with van der Waals surface area (Å²) in [4.78, 5) is 17.4. The Labute approximate surface area is 189 Å². The Bertz CT molecular complexity index is 987. The molecule has 3 rings (SSSR count). The zero-order valence-electron chi connectivity index (χ0n) is 18.6. The lowest BCUT2D eigenvalue weighted by Crippen LogP contribution is -2.50. The number of carbonyl (C=O) groups excluding carboxylic acids is 1. The van der Waals surface area contributed by atoms with E-state index < -0.39 is 6.04 Å². The molecule has 0 aliphatic carbocycles. The van der Waals surface area contributed by atoms with E-state index in [9.17, 15) is 4.79 Å². The fourth-order valence-corrected chi connectivity index (χ4v) is 4.32. The summed E-state index contributed by atoms with van der Waals surface area (Å²) < 4.78 is 11.2. The van der Waals surface area contributed by atoms with Gasteiger partial charge >= 0.3 is 0 Å². The van der Waals surface area contributed by atoms with Crippen LogP contribution in [-0.4, -0.2) is 43.2 Å². The molecule has 2 aromatic rings. The van der Waals surface area contributed by atoms with Crippen molar-refractivity contribution in [1.29, 1.82) is 0 Å². The predicted molar refractivity (Wildman–Crippen MR) is 128 cm³/mol. The molecule has 6 nitrogen and oxygen atoms in total. The van der Waals surface area contributed by atoms with Gasteiger partial charge in [0, 0.05) is 30.0 Å². The van der Waals surface area contributed by atoms with E-state index in [0.29, 0.717) is 35.3 Å². The number of thiocarbonyl (C=S) groups is 1. The standard InChI is InChI=1S/C24H29N3O3S/c1-6-26(7-2)23(28)20-16(3)27(17-12-9-8-10-13-17)24(31)25-21(20)18-14-11-15-19(29-4)22(18)30-5/h8-15,21H,6-7H2,1-5H3,(H,25,31)/t21-/m0/s1. The van der Waals surface area contributed by atoms with E-state index in [1.165, 1.54) is 0 Å². The van der Waals surface area contributed by atoms with Crippen molar-refractivity contribution in [2.75, 3.05) is 32.2 Å². The molecule has 1 amide bonds. The van der Waals surface area contributed by atoms with Crippen LogP contribution in [0.4, 0.5) is 5.69 Å². The van der Waals surface area contributed by atoms with Crippen molar-refractivity contribution in [2.45, 2.75) is 26.8 Å². The first-order chi connectivity index (χ1) is 15.0. The smallest absolute Gasteiger partial charge is 0.253 e. The summed E-state index contributed by atoms with van der Waals surface area (Å²) in [6.07, 6.45) is 0. The molecule has 2 aromatic carbocycles. The van der Waals surface area contributed by atoms with Crippen molar-refractivity contribution in [2.24, 2.45) is 0 Å². The number of benzene rings is 2. The van der Waals surface area contributed by atoms with Gasteiger partial charge in [-0.15, -0.1) is 0 Å². The molecular formula is C24H29N3O3S. The molecule has 0 radical (unpaired) electrons. The van der Waals surface area contributed by atoms with Crippen LogP contribution in [0.15, 0.2) is 59.8 Å². The maximum atomic E-state index is 13.7. The molecule has 1 N–H and O–H groups in total. The fraction of sp³-hybridized carbons (Fsp3) is 0.333. The minimum Gasteiger partial charge on any atom is -0.493 e. The van der Waals surface area contributed by atoms with Crippen LogP contribution in [0.5, 0.6) is 11.5 Å². The van der Waals surface area contributed by atoms with Crippen molar-refractivity contribution < 1.29 is 14.3 Å². The van der Waals surface area contributed by atoms with Crippen molar-refractivity contribution in [3.05, 3.63) is 65.4 Å². The van der Waals surface area contributed by atoms with Crippen LogP contribution in [0.25, 0.3) is 0 Å². The lowest BCUT2D eigenvalue weighted by Gasteiger charge is -2.39. The lowest BCUT2D eigenvalue weighted by atomic mass is 9.92. The number of likely N-dealkylation sites (N-methyl/N-ethyl adjacent to an activating group) is 1. The van der Waals surface area contributed by atoms with E-state index in [1.54, 1.807) is 14.2 Å². The molecule has 0 spiro atoms. The highest BCUT2D eigenvalue weighted by molar-refractivity contribution is 7.80. The Morgan fingerprint density at radius 2 is 1.74 bits per heavy atom. The zero-order valence-corrected chi connectivity index (χ0v) is 19.5. The van der Waals surface area contributed by atoms with Crippen LogP contribution < -0.4 is 19.7 Å². The van der Waals surface area contributed by atoms with Gasteiger partial charge in [0.25, 0.3) is 5.91 Å².